The molecule has 10 nitrogen and oxygen atoms in total. The highest BCUT2D eigenvalue weighted by atomic mass is 32.2. The van der Waals surface area contributed by atoms with Gasteiger partial charge in [0.1, 0.15) is 10.7 Å². The molecule has 228 valence electrons. The van der Waals surface area contributed by atoms with Crippen molar-refractivity contribution in [3.8, 4) is 0 Å². The van der Waals surface area contributed by atoms with Gasteiger partial charge in [0.05, 0.1) is 41.6 Å². The van der Waals surface area contributed by atoms with E-state index in [4.69, 9.17) is 9.47 Å². The Hall–Kier alpha value is -4.68. The molecule has 0 radical (unpaired) electrons. The summed E-state index contributed by atoms with van der Waals surface area (Å²) in [6, 6.07) is 25.8. The third-order valence-corrected chi connectivity index (χ3v) is 8.55. The summed E-state index contributed by atoms with van der Waals surface area (Å²) < 4.78 is 12.8. The van der Waals surface area contributed by atoms with Crippen LogP contribution in [0.2, 0.25) is 0 Å². The number of amides is 1. The summed E-state index contributed by atoms with van der Waals surface area (Å²) in [4.78, 5) is 37.4. The van der Waals surface area contributed by atoms with Crippen LogP contribution in [-0.4, -0.2) is 48.9 Å². The summed E-state index contributed by atoms with van der Waals surface area (Å²) in [6.07, 6.45) is 2.38. The van der Waals surface area contributed by atoms with Gasteiger partial charge in [-0.2, -0.15) is 0 Å². The van der Waals surface area contributed by atoms with E-state index in [-0.39, 0.29) is 36.0 Å². The molecular formula is C34H30N4O6S. The van der Waals surface area contributed by atoms with Gasteiger partial charge < -0.3 is 25.0 Å². The standard InChI is InChI=1S/C34H30N4O6S/c39-19-22-9-11-23(12-10-22)30-16-25(20-45-32-26(33(41)42)4-3-15-35-32)43-34(44-30)24-13-7-21(8-14-24)17-37-31(40)29-18-36-27-5-1-2-6-28(27)38-29/h1-15,18,25,30,34,39H,16-17,19-20H2,(H,37,40)(H,41,42)/t25-,30+,34+/m0/s1. The number of carbonyl (C=O) groups excluding carboxylic acids is 1. The van der Waals surface area contributed by atoms with Gasteiger partial charge >= 0.3 is 5.97 Å². The fourth-order valence-electron chi connectivity index (χ4n) is 5.00. The van der Waals surface area contributed by atoms with Crippen molar-refractivity contribution < 1.29 is 29.3 Å². The second-order valence-corrected chi connectivity index (χ2v) is 11.5. The number of benzene rings is 3. The number of aromatic carboxylic acids is 1. The second-order valence-electron chi connectivity index (χ2n) is 10.5. The number of thioether (sulfide) groups is 1. The molecule has 0 bridgehead atoms. The molecule has 1 aliphatic heterocycles. The first-order valence-electron chi connectivity index (χ1n) is 14.4. The van der Waals surface area contributed by atoms with E-state index in [0.717, 1.165) is 27.8 Å². The van der Waals surface area contributed by atoms with E-state index in [1.807, 2.05) is 72.8 Å². The minimum atomic E-state index is -1.03. The van der Waals surface area contributed by atoms with Crippen LogP contribution < -0.4 is 5.32 Å². The monoisotopic (exact) mass is 622 g/mol. The quantitative estimate of drug-likeness (QED) is 0.171. The molecule has 3 aromatic carbocycles. The molecule has 3 heterocycles. The number of carboxylic acid groups (broad SMARTS) is 1. The number of carbonyl (C=O) groups is 2. The molecule has 0 unspecified atom stereocenters. The summed E-state index contributed by atoms with van der Waals surface area (Å²) in [5, 5.41) is 22.4. The maximum absolute atomic E-state index is 12.7. The van der Waals surface area contributed by atoms with Crippen molar-refractivity contribution in [3.63, 3.8) is 0 Å². The van der Waals surface area contributed by atoms with E-state index in [1.165, 1.54) is 24.0 Å². The highest BCUT2D eigenvalue weighted by Gasteiger charge is 2.32. The number of aliphatic hydroxyl groups is 1. The van der Waals surface area contributed by atoms with Crippen LogP contribution in [0.5, 0.6) is 0 Å². The number of hydrogen-bond acceptors (Lipinski definition) is 9. The van der Waals surface area contributed by atoms with Gasteiger partial charge in [-0.3, -0.25) is 9.78 Å². The largest absolute Gasteiger partial charge is 0.478 e. The first kappa shape index (κ1) is 30.4. The summed E-state index contributed by atoms with van der Waals surface area (Å²) in [7, 11) is 0. The molecule has 6 rings (SSSR count). The van der Waals surface area contributed by atoms with Crippen LogP contribution in [0.1, 0.15) is 61.9 Å². The van der Waals surface area contributed by atoms with Gasteiger partial charge in [0.15, 0.2) is 6.29 Å². The van der Waals surface area contributed by atoms with E-state index >= 15 is 0 Å². The molecule has 2 aromatic heterocycles. The highest BCUT2D eigenvalue weighted by Crippen LogP contribution is 2.39. The minimum Gasteiger partial charge on any atom is -0.478 e. The molecule has 0 aliphatic carbocycles. The first-order chi connectivity index (χ1) is 22.0. The van der Waals surface area contributed by atoms with Gasteiger partial charge in [-0.1, -0.05) is 60.7 Å². The number of ether oxygens (including phenoxy) is 2. The third-order valence-electron chi connectivity index (χ3n) is 7.41. The van der Waals surface area contributed by atoms with Crippen LogP contribution in [0.4, 0.5) is 0 Å². The summed E-state index contributed by atoms with van der Waals surface area (Å²) in [6.45, 7) is 0.254. The summed E-state index contributed by atoms with van der Waals surface area (Å²) in [5.41, 5.74) is 5.23. The van der Waals surface area contributed by atoms with E-state index in [2.05, 4.69) is 20.3 Å². The molecule has 1 fully saturated rings. The molecule has 0 saturated carbocycles. The van der Waals surface area contributed by atoms with Crippen molar-refractivity contribution in [1.82, 2.24) is 20.3 Å². The zero-order valence-electron chi connectivity index (χ0n) is 24.1. The Bertz CT molecular complexity index is 1800. The van der Waals surface area contributed by atoms with Gasteiger partial charge in [-0.25, -0.2) is 14.8 Å². The number of nitrogens with zero attached hydrogens (tertiary/aromatic N) is 3. The fourth-order valence-corrected chi connectivity index (χ4v) is 6.00. The maximum Gasteiger partial charge on any atom is 0.338 e. The second kappa shape index (κ2) is 14.0. The van der Waals surface area contributed by atoms with E-state index in [1.54, 1.807) is 12.3 Å². The number of rotatable bonds is 10. The van der Waals surface area contributed by atoms with Crippen LogP contribution in [-0.2, 0) is 22.6 Å². The normalized spacial score (nSPS) is 18.0. The van der Waals surface area contributed by atoms with Crippen LogP contribution >= 0.6 is 11.8 Å². The molecule has 11 heteroatoms. The van der Waals surface area contributed by atoms with Crippen molar-refractivity contribution >= 4 is 34.7 Å². The number of para-hydroxylation sites is 2. The highest BCUT2D eigenvalue weighted by molar-refractivity contribution is 7.99. The molecule has 1 saturated heterocycles. The summed E-state index contributed by atoms with van der Waals surface area (Å²) in [5.74, 6) is -0.866. The van der Waals surface area contributed by atoms with Gasteiger partial charge in [0.25, 0.3) is 5.91 Å². The Morgan fingerprint density at radius 2 is 1.60 bits per heavy atom. The lowest BCUT2D eigenvalue weighted by atomic mass is 10.0. The minimum absolute atomic E-state index is 0.0464. The maximum atomic E-state index is 12.7. The van der Waals surface area contributed by atoms with Crippen molar-refractivity contribution in [3.05, 3.63) is 131 Å². The average molecular weight is 623 g/mol. The molecule has 45 heavy (non-hydrogen) atoms. The number of pyridine rings is 1. The van der Waals surface area contributed by atoms with Crippen LogP contribution in [0.3, 0.4) is 0 Å². The van der Waals surface area contributed by atoms with Gasteiger partial charge in [0, 0.05) is 30.5 Å². The zero-order chi connectivity index (χ0) is 31.2. The molecular weight excluding hydrogens is 592 g/mol. The van der Waals surface area contributed by atoms with Crippen LogP contribution in [0, 0.1) is 0 Å². The van der Waals surface area contributed by atoms with Crippen molar-refractivity contribution in [2.45, 2.75) is 43.1 Å². The Labute approximate surface area is 263 Å². The SMILES string of the molecule is O=C(NCc1ccc([C@@H]2O[C@H](CSc3ncccc3C(=O)O)C[C@H](c3ccc(CO)cc3)O2)cc1)c1cnc2ccccc2n1. The molecule has 1 aliphatic rings. The lowest BCUT2D eigenvalue weighted by Crippen LogP contribution is -2.31. The number of nitrogens with one attached hydrogen (secondary N) is 1. The molecule has 3 N–H and O–H groups in total. The summed E-state index contributed by atoms with van der Waals surface area (Å²) >= 11 is 1.34. The van der Waals surface area contributed by atoms with Gasteiger partial charge in [0.2, 0.25) is 0 Å². The van der Waals surface area contributed by atoms with Crippen molar-refractivity contribution in [2.75, 3.05) is 5.75 Å². The number of aromatic nitrogens is 3. The van der Waals surface area contributed by atoms with Crippen LogP contribution in [0.25, 0.3) is 11.0 Å². The van der Waals surface area contributed by atoms with E-state index in [0.29, 0.717) is 29.3 Å². The average Bonchev–Trinajstić information content (AvgIpc) is 3.09. The van der Waals surface area contributed by atoms with Gasteiger partial charge in [-0.15, -0.1) is 11.8 Å². The third kappa shape index (κ3) is 7.35. The Morgan fingerprint density at radius 1 is 0.867 bits per heavy atom. The molecule has 5 aromatic rings. The molecule has 0 spiro atoms. The predicted octanol–water partition coefficient (Wildman–Crippen LogP) is 5.48. The number of aliphatic hydroxyl groups excluding tert-OH is 1. The zero-order valence-corrected chi connectivity index (χ0v) is 24.9. The Kier molecular flexibility index (Phi) is 9.41. The lowest BCUT2D eigenvalue weighted by molar-refractivity contribution is -0.245. The molecule has 3 atom stereocenters. The molecule has 1 amide bonds. The van der Waals surface area contributed by atoms with Crippen molar-refractivity contribution in [1.29, 1.82) is 0 Å². The van der Waals surface area contributed by atoms with Gasteiger partial charge in [-0.05, 0) is 41.0 Å². The van der Waals surface area contributed by atoms with E-state index in [9.17, 15) is 19.8 Å². The number of fused-ring (bicyclic) bond motifs is 1. The van der Waals surface area contributed by atoms with E-state index < -0.39 is 12.3 Å². The fraction of sp³-hybridized carbons (Fsp3) is 0.206. The van der Waals surface area contributed by atoms with Crippen molar-refractivity contribution in [2.24, 2.45) is 0 Å². The number of hydrogen-bond donors (Lipinski definition) is 3. The Morgan fingerprint density at radius 3 is 2.36 bits per heavy atom. The Balaban J connectivity index is 1.14. The lowest BCUT2D eigenvalue weighted by Gasteiger charge is -2.36. The van der Waals surface area contributed by atoms with Crippen LogP contribution in [0.15, 0.2) is 102 Å². The first-order valence-corrected chi connectivity index (χ1v) is 15.4. The number of carboxylic acids is 1. The predicted molar refractivity (Wildman–Crippen MR) is 167 cm³/mol. The smallest absolute Gasteiger partial charge is 0.338 e. The topological polar surface area (TPSA) is 144 Å².